The van der Waals surface area contributed by atoms with Crippen LogP contribution in [0.25, 0.3) is 0 Å². The van der Waals surface area contributed by atoms with Gasteiger partial charge in [0.15, 0.2) is 0 Å². The Morgan fingerprint density at radius 1 is 1.28 bits per heavy atom. The van der Waals surface area contributed by atoms with Crippen LogP contribution in [0.2, 0.25) is 5.02 Å². The normalized spacial score (nSPS) is 14.8. The van der Waals surface area contributed by atoms with E-state index in [-0.39, 0.29) is 0 Å². The number of thiol groups is 1. The molecule has 1 aromatic carbocycles. The first kappa shape index (κ1) is 15.9. The molecule has 18 heavy (non-hydrogen) atoms. The van der Waals surface area contributed by atoms with Gasteiger partial charge in [-0.15, -0.1) is 0 Å². The monoisotopic (exact) mass is 285 g/mol. The summed E-state index contributed by atoms with van der Waals surface area (Å²) in [6.07, 6.45) is 2.42. The largest absolute Gasteiger partial charge is 0.300 e. The Hall–Kier alpha value is -0.180. The Morgan fingerprint density at radius 3 is 2.61 bits per heavy atom. The second-order valence-corrected chi connectivity index (χ2v) is 6.00. The molecule has 0 aromatic heterocycles. The predicted octanol–water partition coefficient (Wildman–Crippen LogP) is 4.68. The topological polar surface area (TPSA) is 3.24 Å². The summed E-state index contributed by atoms with van der Waals surface area (Å²) in [5.41, 5.74) is 1.28. The molecule has 0 aliphatic carbocycles. The van der Waals surface area contributed by atoms with E-state index in [0.29, 0.717) is 6.04 Å². The summed E-state index contributed by atoms with van der Waals surface area (Å²) >= 11 is 10.3. The number of halogens is 1. The minimum absolute atomic E-state index is 0.409. The Kier molecular flexibility index (Phi) is 7.13. The van der Waals surface area contributed by atoms with Crippen LogP contribution in [0.5, 0.6) is 0 Å². The van der Waals surface area contributed by atoms with Gasteiger partial charge in [-0.1, -0.05) is 30.7 Å². The SMILES string of the molecule is CC(CCS)CCN(C)C(C)c1cccc(Cl)c1. The van der Waals surface area contributed by atoms with Gasteiger partial charge in [0, 0.05) is 11.1 Å². The van der Waals surface area contributed by atoms with Gasteiger partial charge in [0.25, 0.3) is 0 Å². The maximum absolute atomic E-state index is 6.04. The van der Waals surface area contributed by atoms with Gasteiger partial charge in [-0.05, 0) is 62.7 Å². The lowest BCUT2D eigenvalue weighted by Gasteiger charge is -2.26. The van der Waals surface area contributed by atoms with Crippen molar-refractivity contribution in [2.24, 2.45) is 5.92 Å². The van der Waals surface area contributed by atoms with Crippen molar-refractivity contribution in [2.75, 3.05) is 19.3 Å². The van der Waals surface area contributed by atoms with Gasteiger partial charge in [0.2, 0.25) is 0 Å². The molecular formula is C15H24ClNS. The Balaban J connectivity index is 2.48. The smallest absolute Gasteiger partial charge is 0.0409 e. The molecule has 0 N–H and O–H groups in total. The first-order valence-electron chi connectivity index (χ1n) is 6.61. The van der Waals surface area contributed by atoms with Crippen LogP contribution in [0.3, 0.4) is 0 Å². The third-order valence-corrected chi connectivity index (χ3v) is 4.08. The fourth-order valence-electron chi connectivity index (χ4n) is 2.00. The van der Waals surface area contributed by atoms with Crippen LogP contribution in [0.4, 0.5) is 0 Å². The van der Waals surface area contributed by atoms with Crippen molar-refractivity contribution in [3.05, 3.63) is 34.9 Å². The van der Waals surface area contributed by atoms with Crippen molar-refractivity contribution >= 4 is 24.2 Å². The molecule has 3 heteroatoms. The average molecular weight is 286 g/mol. The highest BCUT2D eigenvalue weighted by molar-refractivity contribution is 7.80. The molecule has 102 valence electrons. The lowest BCUT2D eigenvalue weighted by atomic mass is 10.0. The quantitative estimate of drug-likeness (QED) is 0.712. The van der Waals surface area contributed by atoms with Crippen LogP contribution in [0.1, 0.15) is 38.3 Å². The Bertz CT molecular complexity index is 356. The molecule has 0 bridgehead atoms. The molecule has 0 heterocycles. The fourth-order valence-corrected chi connectivity index (χ4v) is 2.64. The molecule has 1 nitrogen and oxygen atoms in total. The van der Waals surface area contributed by atoms with Gasteiger partial charge in [0.05, 0.1) is 0 Å². The third-order valence-electron chi connectivity index (χ3n) is 3.59. The van der Waals surface area contributed by atoms with E-state index in [1.54, 1.807) is 0 Å². The maximum atomic E-state index is 6.04. The zero-order valence-corrected chi connectivity index (χ0v) is 13.2. The maximum Gasteiger partial charge on any atom is 0.0409 e. The number of hydrogen-bond donors (Lipinski definition) is 1. The molecule has 0 fully saturated rings. The van der Waals surface area contributed by atoms with Gasteiger partial charge < -0.3 is 0 Å². The number of benzene rings is 1. The van der Waals surface area contributed by atoms with Crippen molar-refractivity contribution in [3.63, 3.8) is 0 Å². The summed E-state index contributed by atoms with van der Waals surface area (Å²) in [6, 6.07) is 8.55. The minimum Gasteiger partial charge on any atom is -0.300 e. The van der Waals surface area contributed by atoms with Crippen molar-refractivity contribution in [3.8, 4) is 0 Å². The molecule has 0 saturated carbocycles. The minimum atomic E-state index is 0.409. The molecule has 0 aliphatic heterocycles. The number of nitrogens with zero attached hydrogens (tertiary/aromatic N) is 1. The van der Waals surface area contributed by atoms with Crippen LogP contribution >= 0.6 is 24.2 Å². The van der Waals surface area contributed by atoms with E-state index in [0.717, 1.165) is 23.2 Å². The van der Waals surface area contributed by atoms with E-state index in [1.807, 2.05) is 12.1 Å². The van der Waals surface area contributed by atoms with Crippen LogP contribution in [-0.4, -0.2) is 24.2 Å². The second-order valence-electron chi connectivity index (χ2n) is 5.12. The van der Waals surface area contributed by atoms with Gasteiger partial charge >= 0.3 is 0 Å². The molecule has 1 rings (SSSR count). The van der Waals surface area contributed by atoms with Gasteiger partial charge in [0.1, 0.15) is 0 Å². The average Bonchev–Trinajstić information content (AvgIpc) is 2.35. The zero-order chi connectivity index (χ0) is 13.5. The fraction of sp³-hybridized carbons (Fsp3) is 0.600. The van der Waals surface area contributed by atoms with Crippen molar-refractivity contribution in [1.82, 2.24) is 4.90 Å². The molecule has 0 amide bonds. The van der Waals surface area contributed by atoms with E-state index in [4.69, 9.17) is 11.6 Å². The van der Waals surface area contributed by atoms with E-state index in [9.17, 15) is 0 Å². The highest BCUT2D eigenvalue weighted by Gasteiger charge is 2.12. The van der Waals surface area contributed by atoms with Crippen molar-refractivity contribution < 1.29 is 0 Å². The Morgan fingerprint density at radius 2 is 2.00 bits per heavy atom. The molecule has 2 unspecified atom stereocenters. The highest BCUT2D eigenvalue weighted by atomic mass is 35.5. The summed E-state index contributed by atoms with van der Waals surface area (Å²) in [4.78, 5) is 2.39. The third kappa shape index (κ3) is 5.21. The van der Waals surface area contributed by atoms with E-state index in [2.05, 4.69) is 50.6 Å². The number of hydrogen-bond acceptors (Lipinski definition) is 2. The predicted molar refractivity (Wildman–Crippen MR) is 84.7 cm³/mol. The van der Waals surface area contributed by atoms with E-state index >= 15 is 0 Å². The van der Waals surface area contributed by atoms with Crippen molar-refractivity contribution in [1.29, 1.82) is 0 Å². The number of rotatable bonds is 7. The van der Waals surface area contributed by atoms with Crippen LogP contribution < -0.4 is 0 Å². The summed E-state index contributed by atoms with van der Waals surface area (Å²) < 4.78 is 0. The molecule has 0 saturated heterocycles. The first-order valence-corrected chi connectivity index (χ1v) is 7.62. The molecular weight excluding hydrogens is 262 g/mol. The van der Waals surface area contributed by atoms with Gasteiger partial charge in [-0.3, -0.25) is 4.90 Å². The Labute approximate surface area is 122 Å². The second kappa shape index (κ2) is 8.08. The molecule has 0 aliphatic rings. The lowest BCUT2D eigenvalue weighted by Crippen LogP contribution is -2.24. The molecule has 2 atom stereocenters. The zero-order valence-electron chi connectivity index (χ0n) is 11.6. The first-order chi connectivity index (χ1) is 8.54. The van der Waals surface area contributed by atoms with Crippen LogP contribution in [0, 0.1) is 5.92 Å². The van der Waals surface area contributed by atoms with Crippen molar-refractivity contribution in [2.45, 2.75) is 32.7 Å². The highest BCUT2D eigenvalue weighted by Crippen LogP contribution is 2.22. The summed E-state index contributed by atoms with van der Waals surface area (Å²) in [5, 5.41) is 0.816. The summed E-state index contributed by atoms with van der Waals surface area (Å²) in [7, 11) is 2.18. The van der Waals surface area contributed by atoms with Gasteiger partial charge in [-0.2, -0.15) is 12.6 Å². The molecule has 0 spiro atoms. The lowest BCUT2D eigenvalue weighted by molar-refractivity contribution is 0.242. The van der Waals surface area contributed by atoms with E-state index < -0.39 is 0 Å². The van der Waals surface area contributed by atoms with Gasteiger partial charge in [-0.25, -0.2) is 0 Å². The standard InChI is InChI=1S/C15H24ClNS/c1-12(8-10-18)7-9-17(3)13(2)14-5-4-6-15(16)11-14/h4-6,11-13,18H,7-10H2,1-3H3. The van der Waals surface area contributed by atoms with Crippen LogP contribution in [-0.2, 0) is 0 Å². The molecule has 1 aromatic rings. The summed E-state index contributed by atoms with van der Waals surface area (Å²) in [6.45, 7) is 5.64. The van der Waals surface area contributed by atoms with Crippen LogP contribution in [0.15, 0.2) is 24.3 Å². The van der Waals surface area contributed by atoms with E-state index in [1.165, 1.54) is 18.4 Å². The summed E-state index contributed by atoms with van der Waals surface area (Å²) in [5.74, 6) is 1.73. The molecule has 0 radical (unpaired) electrons.